The molecule has 2 saturated heterocycles. The molecule has 4 heteroatoms. The summed E-state index contributed by atoms with van der Waals surface area (Å²) in [7, 11) is 0. The Kier molecular flexibility index (Phi) is 2.20. The number of aliphatic hydroxyl groups is 1. The van der Waals surface area contributed by atoms with Crippen molar-refractivity contribution in [3.63, 3.8) is 0 Å². The van der Waals surface area contributed by atoms with Gasteiger partial charge < -0.3 is 10.4 Å². The molecule has 1 aromatic rings. The molecule has 15 heavy (non-hydrogen) atoms. The summed E-state index contributed by atoms with van der Waals surface area (Å²) in [5, 5.41) is 13.8. The minimum atomic E-state index is -0.204. The summed E-state index contributed by atoms with van der Waals surface area (Å²) < 4.78 is 0. The van der Waals surface area contributed by atoms with Gasteiger partial charge in [-0.15, -0.1) is 0 Å². The van der Waals surface area contributed by atoms with Gasteiger partial charge in [-0.1, -0.05) is 17.7 Å². The quantitative estimate of drug-likeness (QED) is 0.708. The van der Waals surface area contributed by atoms with E-state index in [4.69, 9.17) is 11.6 Å². The molecule has 2 N–H and O–H groups in total. The first-order valence-electron chi connectivity index (χ1n) is 5.29. The van der Waals surface area contributed by atoms with Crippen LogP contribution in [0.1, 0.15) is 24.3 Å². The van der Waals surface area contributed by atoms with Crippen molar-refractivity contribution in [2.24, 2.45) is 0 Å². The molecule has 0 unspecified atom stereocenters. The maximum absolute atomic E-state index is 9.80. The Balaban J connectivity index is 1.86. The maximum Gasteiger partial charge on any atom is 0.129 e. The highest BCUT2D eigenvalue weighted by atomic mass is 35.5. The fourth-order valence-electron chi connectivity index (χ4n) is 2.84. The predicted octanol–water partition coefficient (Wildman–Crippen LogP) is 1.31. The Labute approximate surface area is 93.5 Å². The van der Waals surface area contributed by atoms with Crippen molar-refractivity contribution in [1.29, 1.82) is 0 Å². The van der Waals surface area contributed by atoms with E-state index in [9.17, 15) is 5.11 Å². The minimum Gasteiger partial charge on any atom is -0.391 e. The summed E-state index contributed by atoms with van der Waals surface area (Å²) in [6.45, 7) is 0. The normalized spacial score (nSPS) is 38.5. The number of aromatic nitrogens is 1. The number of pyridine rings is 1. The van der Waals surface area contributed by atoms with Gasteiger partial charge in [0.1, 0.15) is 5.15 Å². The summed E-state index contributed by atoms with van der Waals surface area (Å²) in [4.78, 5) is 4.09. The Morgan fingerprint density at radius 3 is 2.87 bits per heavy atom. The Morgan fingerprint density at radius 1 is 1.40 bits per heavy atom. The zero-order valence-corrected chi connectivity index (χ0v) is 8.98. The van der Waals surface area contributed by atoms with Crippen LogP contribution in [0.25, 0.3) is 0 Å². The number of halogens is 1. The van der Waals surface area contributed by atoms with Gasteiger partial charge in [-0.25, -0.2) is 4.98 Å². The number of hydrogen-bond acceptors (Lipinski definition) is 3. The number of rotatable bonds is 1. The Morgan fingerprint density at radius 2 is 2.27 bits per heavy atom. The number of nitrogens with zero attached hydrogens (tertiary/aromatic N) is 1. The van der Waals surface area contributed by atoms with Crippen LogP contribution in [0.15, 0.2) is 18.3 Å². The van der Waals surface area contributed by atoms with Gasteiger partial charge in [0.15, 0.2) is 0 Å². The molecule has 0 saturated carbocycles. The standard InChI is InChI=1S/C11H13ClN2O/c12-10-2-1-6(5-13-10)8-3-7-4-9(15)11(8)14-7/h1-2,5,7-9,11,14-15H,3-4H2/t7-,8-,9-,11+/m1/s1. The first-order valence-corrected chi connectivity index (χ1v) is 5.67. The Bertz CT molecular complexity index is 367. The van der Waals surface area contributed by atoms with E-state index < -0.39 is 0 Å². The van der Waals surface area contributed by atoms with Crippen molar-refractivity contribution < 1.29 is 5.11 Å². The summed E-state index contributed by atoms with van der Waals surface area (Å²) in [6.07, 6.45) is 3.61. The lowest BCUT2D eigenvalue weighted by Gasteiger charge is -2.24. The number of aliphatic hydroxyl groups excluding tert-OH is 1. The molecular weight excluding hydrogens is 212 g/mol. The molecule has 3 rings (SSSR count). The van der Waals surface area contributed by atoms with Crippen molar-refractivity contribution >= 4 is 11.6 Å². The highest BCUT2D eigenvalue weighted by Crippen LogP contribution is 2.39. The van der Waals surface area contributed by atoms with Gasteiger partial charge in [-0.05, 0) is 24.5 Å². The van der Waals surface area contributed by atoms with Crippen LogP contribution in [0, 0.1) is 0 Å². The van der Waals surface area contributed by atoms with Crippen LogP contribution in [0.2, 0.25) is 5.15 Å². The van der Waals surface area contributed by atoms with Crippen molar-refractivity contribution in [1.82, 2.24) is 10.3 Å². The van der Waals surface area contributed by atoms with Crippen molar-refractivity contribution in [3.05, 3.63) is 29.0 Å². The lowest BCUT2D eigenvalue weighted by molar-refractivity contribution is 0.135. The average molecular weight is 225 g/mol. The van der Waals surface area contributed by atoms with E-state index in [2.05, 4.69) is 10.3 Å². The van der Waals surface area contributed by atoms with Crippen LogP contribution in [0.4, 0.5) is 0 Å². The Hall–Kier alpha value is -0.640. The molecule has 0 spiro atoms. The molecule has 1 aromatic heterocycles. The highest BCUT2D eigenvalue weighted by molar-refractivity contribution is 6.29. The number of hydrogen-bond donors (Lipinski definition) is 2. The van der Waals surface area contributed by atoms with E-state index in [0.717, 1.165) is 12.8 Å². The van der Waals surface area contributed by atoms with Gasteiger partial charge in [0.05, 0.1) is 6.10 Å². The number of nitrogens with one attached hydrogen (secondary N) is 1. The van der Waals surface area contributed by atoms with Gasteiger partial charge in [-0.2, -0.15) is 0 Å². The lowest BCUT2D eigenvalue weighted by atomic mass is 9.83. The largest absolute Gasteiger partial charge is 0.391 e. The van der Waals surface area contributed by atoms with Crippen LogP contribution < -0.4 is 5.32 Å². The molecule has 2 aliphatic rings. The molecule has 2 bridgehead atoms. The molecule has 0 aliphatic carbocycles. The van der Waals surface area contributed by atoms with E-state index in [-0.39, 0.29) is 12.1 Å². The first-order chi connectivity index (χ1) is 7.24. The smallest absolute Gasteiger partial charge is 0.129 e. The zero-order chi connectivity index (χ0) is 10.4. The minimum absolute atomic E-state index is 0.204. The molecule has 2 aliphatic heterocycles. The molecule has 3 nitrogen and oxygen atoms in total. The fraction of sp³-hybridized carbons (Fsp3) is 0.545. The van der Waals surface area contributed by atoms with E-state index in [0.29, 0.717) is 17.1 Å². The molecular formula is C11H13ClN2O. The third-order valence-electron chi connectivity index (χ3n) is 3.52. The van der Waals surface area contributed by atoms with Crippen LogP contribution in [-0.4, -0.2) is 28.3 Å². The molecule has 2 fully saturated rings. The second-order valence-corrected chi connectivity index (χ2v) is 4.84. The van der Waals surface area contributed by atoms with E-state index >= 15 is 0 Å². The predicted molar refractivity (Wildman–Crippen MR) is 57.9 cm³/mol. The van der Waals surface area contributed by atoms with Crippen molar-refractivity contribution in [2.75, 3.05) is 0 Å². The molecule has 0 aromatic carbocycles. The van der Waals surface area contributed by atoms with E-state index in [1.807, 2.05) is 18.3 Å². The summed E-state index contributed by atoms with van der Waals surface area (Å²) >= 11 is 5.75. The monoisotopic (exact) mass is 224 g/mol. The van der Waals surface area contributed by atoms with Crippen molar-refractivity contribution in [2.45, 2.75) is 36.9 Å². The zero-order valence-electron chi connectivity index (χ0n) is 8.23. The molecule has 4 atom stereocenters. The van der Waals surface area contributed by atoms with Gasteiger partial charge in [-0.3, -0.25) is 0 Å². The molecule has 80 valence electrons. The van der Waals surface area contributed by atoms with Gasteiger partial charge in [0.25, 0.3) is 0 Å². The van der Waals surface area contributed by atoms with Crippen LogP contribution in [-0.2, 0) is 0 Å². The van der Waals surface area contributed by atoms with Crippen LogP contribution >= 0.6 is 11.6 Å². The summed E-state index contributed by atoms with van der Waals surface area (Å²) in [5.41, 5.74) is 1.18. The third kappa shape index (κ3) is 1.55. The van der Waals surface area contributed by atoms with E-state index in [1.165, 1.54) is 5.56 Å². The second-order valence-electron chi connectivity index (χ2n) is 4.45. The van der Waals surface area contributed by atoms with E-state index in [1.54, 1.807) is 0 Å². The first kappa shape index (κ1) is 9.58. The van der Waals surface area contributed by atoms with Crippen LogP contribution in [0.3, 0.4) is 0 Å². The molecule has 0 amide bonds. The fourth-order valence-corrected chi connectivity index (χ4v) is 2.95. The van der Waals surface area contributed by atoms with Gasteiger partial charge in [0, 0.05) is 24.2 Å². The topological polar surface area (TPSA) is 45.2 Å². The van der Waals surface area contributed by atoms with Crippen molar-refractivity contribution in [3.8, 4) is 0 Å². The average Bonchev–Trinajstić information content (AvgIpc) is 2.77. The summed E-state index contributed by atoms with van der Waals surface area (Å²) in [5.74, 6) is 0.392. The summed E-state index contributed by atoms with van der Waals surface area (Å²) in [6, 6.07) is 4.51. The third-order valence-corrected chi connectivity index (χ3v) is 3.74. The SMILES string of the molecule is O[C@@H]1C[C@H]2C[C@H](c3ccc(Cl)nc3)[C@@H]1N2. The van der Waals surface area contributed by atoms with Gasteiger partial charge in [0.2, 0.25) is 0 Å². The lowest BCUT2D eigenvalue weighted by Crippen LogP contribution is -2.32. The second kappa shape index (κ2) is 3.44. The number of fused-ring (bicyclic) bond motifs is 2. The molecule has 0 radical (unpaired) electrons. The van der Waals surface area contributed by atoms with Crippen LogP contribution in [0.5, 0.6) is 0 Å². The molecule has 3 heterocycles. The van der Waals surface area contributed by atoms with Gasteiger partial charge >= 0.3 is 0 Å². The highest BCUT2D eigenvalue weighted by Gasteiger charge is 2.45. The maximum atomic E-state index is 9.80.